The van der Waals surface area contributed by atoms with Gasteiger partial charge in [0.05, 0.1) is 0 Å². The maximum absolute atomic E-state index is 11.7. The van der Waals surface area contributed by atoms with E-state index in [0.29, 0.717) is 6.42 Å². The van der Waals surface area contributed by atoms with Gasteiger partial charge in [0.2, 0.25) is 0 Å². The third-order valence-corrected chi connectivity index (χ3v) is 4.04. The van der Waals surface area contributed by atoms with E-state index < -0.39 is 23.7 Å². The lowest BCUT2D eigenvalue weighted by atomic mass is 10.0. The molecule has 0 aliphatic rings. The summed E-state index contributed by atoms with van der Waals surface area (Å²) in [4.78, 5) is 23.0. The highest BCUT2D eigenvalue weighted by Crippen LogP contribution is 2.12. The van der Waals surface area contributed by atoms with Gasteiger partial charge >= 0.3 is 12.1 Å². The lowest BCUT2D eigenvalue weighted by molar-refractivity contribution is -0.139. The van der Waals surface area contributed by atoms with E-state index in [-0.39, 0.29) is 0 Å². The van der Waals surface area contributed by atoms with Crippen LogP contribution in [-0.4, -0.2) is 28.8 Å². The molecule has 146 valence electrons. The van der Waals surface area contributed by atoms with Crippen LogP contribution in [0.25, 0.3) is 0 Å². The number of carbonyl (C=O) groups is 2. The highest BCUT2D eigenvalue weighted by atomic mass is 16.6. The second kappa shape index (κ2) is 11.6. The molecule has 0 saturated carbocycles. The van der Waals surface area contributed by atoms with Crippen molar-refractivity contribution in [1.82, 2.24) is 5.32 Å². The topological polar surface area (TPSA) is 75.6 Å². The number of benzene rings is 1. The minimum absolute atomic E-state index is 0.429. The van der Waals surface area contributed by atoms with E-state index in [1.165, 1.54) is 18.4 Å². The molecule has 1 aromatic rings. The van der Waals surface area contributed by atoms with Crippen molar-refractivity contribution in [2.45, 2.75) is 83.8 Å². The Labute approximate surface area is 157 Å². The minimum atomic E-state index is -1.02. The summed E-state index contributed by atoms with van der Waals surface area (Å²) in [5, 5.41) is 11.7. The number of carbonyl (C=O) groups excluding carboxylic acids is 1. The van der Waals surface area contributed by atoms with Crippen molar-refractivity contribution >= 4 is 12.1 Å². The fourth-order valence-corrected chi connectivity index (χ4v) is 2.74. The quantitative estimate of drug-likeness (QED) is 0.546. The van der Waals surface area contributed by atoms with Crippen LogP contribution in [0.2, 0.25) is 0 Å². The molecule has 0 aliphatic heterocycles. The number of carboxylic acid groups (broad SMARTS) is 1. The van der Waals surface area contributed by atoms with Crippen molar-refractivity contribution < 1.29 is 19.4 Å². The van der Waals surface area contributed by atoms with Crippen LogP contribution >= 0.6 is 0 Å². The summed E-state index contributed by atoms with van der Waals surface area (Å²) in [5.41, 5.74) is 0.748. The second-order valence-electron chi connectivity index (χ2n) is 7.68. The van der Waals surface area contributed by atoms with Gasteiger partial charge in [-0.3, -0.25) is 0 Å². The van der Waals surface area contributed by atoms with Crippen LogP contribution in [0.5, 0.6) is 0 Å². The van der Waals surface area contributed by atoms with E-state index in [2.05, 4.69) is 29.6 Å². The fourth-order valence-electron chi connectivity index (χ4n) is 2.74. The SMILES string of the molecule is CC(C)(C)OC(=O)NC(CCCCCCCCc1ccccc1)C(=O)O. The number of aryl methyl sites for hydroxylation is 1. The van der Waals surface area contributed by atoms with Crippen LogP contribution in [0.4, 0.5) is 4.79 Å². The van der Waals surface area contributed by atoms with Crippen molar-refractivity contribution in [1.29, 1.82) is 0 Å². The lowest BCUT2D eigenvalue weighted by Crippen LogP contribution is -2.43. The van der Waals surface area contributed by atoms with Gasteiger partial charge in [-0.1, -0.05) is 62.4 Å². The molecular weight excluding hydrogens is 330 g/mol. The molecule has 1 atom stereocenters. The molecule has 2 N–H and O–H groups in total. The highest BCUT2D eigenvalue weighted by molar-refractivity contribution is 5.79. The summed E-state index contributed by atoms with van der Waals surface area (Å²) in [7, 11) is 0. The lowest BCUT2D eigenvalue weighted by Gasteiger charge is -2.22. The summed E-state index contributed by atoms with van der Waals surface area (Å²) in [6.07, 6.45) is 7.25. The normalized spacial score (nSPS) is 12.4. The molecule has 5 nitrogen and oxygen atoms in total. The van der Waals surface area contributed by atoms with Crippen LogP contribution in [-0.2, 0) is 16.0 Å². The van der Waals surface area contributed by atoms with E-state index in [1.54, 1.807) is 20.8 Å². The van der Waals surface area contributed by atoms with Gasteiger partial charge in [-0.25, -0.2) is 9.59 Å². The third kappa shape index (κ3) is 10.7. The molecule has 26 heavy (non-hydrogen) atoms. The molecule has 1 unspecified atom stereocenters. The summed E-state index contributed by atoms with van der Waals surface area (Å²) in [6.45, 7) is 5.25. The number of ether oxygens (including phenoxy) is 1. The predicted octanol–water partition coefficient (Wildman–Crippen LogP) is 4.94. The van der Waals surface area contributed by atoms with Crippen LogP contribution in [0, 0.1) is 0 Å². The van der Waals surface area contributed by atoms with Gasteiger partial charge in [0.1, 0.15) is 11.6 Å². The van der Waals surface area contributed by atoms with Crippen molar-refractivity contribution in [3.63, 3.8) is 0 Å². The van der Waals surface area contributed by atoms with Crippen LogP contribution in [0.1, 0.15) is 71.3 Å². The average molecular weight is 363 g/mol. The molecule has 0 saturated heterocycles. The summed E-state index contributed by atoms with van der Waals surface area (Å²) >= 11 is 0. The van der Waals surface area contributed by atoms with E-state index in [0.717, 1.165) is 32.1 Å². The van der Waals surface area contributed by atoms with Crippen molar-refractivity contribution in [3.05, 3.63) is 35.9 Å². The van der Waals surface area contributed by atoms with E-state index in [1.807, 2.05) is 6.07 Å². The summed E-state index contributed by atoms with van der Waals surface area (Å²) in [5.74, 6) is -1.02. The Kier molecular flexibility index (Phi) is 9.78. The van der Waals surface area contributed by atoms with E-state index in [4.69, 9.17) is 4.74 Å². The van der Waals surface area contributed by atoms with Gasteiger partial charge in [0, 0.05) is 0 Å². The molecule has 0 heterocycles. The first-order valence-corrected chi connectivity index (χ1v) is 9.54. The zero-order valence-electron chi connectivity index (χ0n) is 16.3. The van der Waals surface area contributed by atoms with Gasteiger partial charge in [0.25, 0.3) is 0 Å². The maximum Gasteiger partial charge on any atom is 0.408 e. The number of carboxylic acids is 1. The van der Waals surface area contributed by atoms with E-state index >= 15 is 0 Å². The molecule has 0 spiro atoms. The minimum Gasteiger partial charge on any atom is -0.480 e. The largest absolute Gasteiger partial charge is 0.480 e. The average Bonchev–Trinajstić information content (AvgIpc) is 2.55. The number of alkyl carbamates (subject to hydrolysis) is 1. The molecule has 0 bridgehead atoms. The Morgan fingerprint density at radius 3 is 2.15 bits per heavy atom. The van der Waals surface area contributed by atoms with Crippen LogP contribution < -0.4 is 5.32 Å². The number of unbranched alkanes of at least 4 members (excludes halogenated alkanes) is 5. The summed E-state index contributed by atoms with van der Waals surface area (Å²) in [6, 6.07) is 9.60. The number of aliphatic carboxylic acids is 1. The maximum atomic E-state index is 11.7. The standard InChI is InChI=1S/C21H33NO4/c1-21(2,3)26-20(25)22-18(19(23)24)16-12-7-5-4-6-9-13-17-14-10-8-11-15-17/h8,10-11,14-15,18H,4-7,9,12-13,16H2,1-3H3,(H,22,25)(H,23,24). The Bertz CT molecular complexity index is 537. The van der Waals surface area contributed by atoms with Crippen LogP contribution in [0.3, 0.4) is 0 Å². The number of rotatable bonds is 11. The zero-order chi connectivity index (χ0) is 19.4. The molecule has 0 radical (unpaired) electrons. The first kappa shape index (κ1) is 22.0. The Morgan fingerprint density at radius 1 is 1.00 bits per heavy atom. The fraction of sp³-hybridized carbons (Fsp3) is 0.619. The molecule has 1 amide bonds. The van der Waals surface area contributed by atoms with Crippen LogP contribution in [0.15, 0.2) is 30.3 Å². The molecular formula is C21H33NO4. The predicted molar refractivity (Wildman–Crippen MR) is 103 cm³/mol. The van der Waals surface area contributed by atoms with Gasteiger partial charge in [-0.05, 0) is 45.6 Å². The number of amides is 1. The Balaban J connectivity index is 2.11. The molecule has 5 heteroatoms. The smallest absolute Gasteiger partial charge is 0.408 e. The van der Waals surface area contributed by atoms with Gasteiger partial charge < -0.3 is 15.2 Å². The molecule has 0 fully saturated rings. The highest BCUT2D eigenvalue weighted by Gasteiger charge is 2.23. The first-order valence-electron chi connectivity index (χ1n) is 9.54. The molecule has 0 aliphatic carbocycles. The zero-order valence-corrected chi connectivity index (χ0v) is 16.3. The van der Waals surface area contributed by atoms with Crippen molar-refractivity contribution in [2.75, 3.05) is 0 Å². The monoisotopic (exact) mass is 363 g/mol. The number of hydrogen-bond acceptors (Lipinski definition) is 3. The summed E-state index contributed by atoms with van der Waals surface area (Å²) < 4.78 is 5.11. The Hall–Kier alpha value is -2.04. The number of nitrogens with one attached hydrogen (secondary N) is 1. The van der Waals surface area contributed by atoms with Gasteiger partial charge in [-0.2, -0.15) is 0 Å². The second-order valence-corrected chi connectivity index (χ2v) is 7.68. The van der Waals surface area contributed by atoms with Crippen molar-refractivity contribution in [2.24, 2.45) is 0 Å². The Morgan fingerprint density at radius 2 is 1.58 bits per heavy atom. The first-order chi connectivity index (χ1) is 12.3. The van der Waals surface area contributed by atoms with Crippen molar-refractivity contribution in [3.8, 4) is 0 Å². The number of hydrogen-bond donors (Lipinski definition) is 2. The third-order valence-electron chi connectivity index (χ3n) is 4.04. The van der Waals surface area contributed by atoms with Gasteiger partial charge in [0.15, 0.2) is 0 Å². The molecule has 1 aromatic carbocycles. The molecule has 1 rings (SSSR count). The van der Waals surface area contributed by atoms with E-state index in [9.17, 15) is 14.7 Å². The molecule has 0 aromatic heterocycles. The van der Waals surface area contributed by atoms with Gasteiger partial charge in [-0.15, -0.1) is 0 Å².